The van der Waals surface area contributed by atoms with Crippen LogP contribution in [-0.2, 0) is 23.9 Å². The van der Waals surface area contributed by atoms with Gasteiger partial charge in [-0.15, -0.1) is 11.3 Å². The molecule has 2 amide bonds. The number of piperazine rings is 1. The Morgan fingerprint density at radius 2 is 1.73 bits per heavy atom. The molecule has 2 N–H and O–H groups in total. The van der Waals surface area contributed by atoms with Crippen LogP contribution < -0.4 is 5.73 Å². The molecule has 1 aromatic heterocycles. The molecule has 2 heterocycles. The van der Waals surface area contributed by atoms with Crippen molar-refractivity contribution in [3.63, 3.8) is 0 Å². The van der Waals surface area contributed by atoms with Crippen molar-refractivity contribution in [2.75, 3.05) is 26.2 Å². The van der Waals surface area contributed by atoms with Crippen LogP contribution in [0, 0.1) is 5.92 Å². The first kappa shape index (κ1) is 25.4. The van der Waals surface area contributed by atoms with E-state index in [0.717, 1.165) is 24.4 Å². The Labute approximate surface area is 212 Å². The quantitative estimate of drug-likeness (QED) is 0.515. The first-order valence-corrected chi connectivity index (χ1v) is 14.7. The summed E-state index contributed by atoms with van der Waals surface area (Å²) in [5, 5.41) is 0. The number of hydrogen-bond donors (Lipinski definition) is 1. The van der Waals surface area contributed by atoms with E-state index >= 15 is 0 Å². The Hall–Kier alpha value is -0.720. The number of primary amides is 1. The predicted octanol–water partition coefficient (Wildman–Crippen LogP) is 3.37. The van der Waals surface area contributed by atoms with Crippen molar-refractivity contribution in [2.45, 2.75) is 67.2 Å². The number of nitrogens with two attached hydrogens (primary N) is 1. The summed E-state index contributed by atoms with van der Waals surface area (Å²) >= 11 is 9.99. The Kier molecular flexibility index (Phi) is 7.77. The van der Waals surface area contributed by atoms with Crippen molar-refractivity contribution in [3.8, 4) is 0 Å². The second-order valence-electron chi connectivity index (χ2n) is 9.16. The van der Waals surface area contributed by atoms with Gasteiger partial charge in [-0.3, -0.25) is 14.5 Å². The van der Waals surface area contributed by atoms with Crippen molar-refractivity contribution in [2.24, 2.45) is 11.7 Å². The van der Waals surface area contributed by atoms with Gasteiger partial charge < -0.3 is 10.6 Å². The molecule has 33 heavy (non-hydrogen) atoms. The monoisotopic (exact) mass is 581 g/mol. The fourth-order valence-corrected chi connectivity index (χ4v) is 8.74. The van der Waals surface area contributed by atoms with Crippen LogP contribution in [0.4, 0.5) is 0 Å². The molecular weight excluding hydrogens is 554 g/mol. The summed E-state index contributed by atoms with van der Waals surface area (Å²) in [5.41, 5.74) is 3.95. The molecule has 2 saturated carbocycles. The zero-order valence-electron chi connectivity index (χ0n) is 18.3. The zero-order valence-corrected chi connectivity index (χ0v) is 22.3. The number of amides is 2. The van der Waals surface area contributed by atoms with Crippen LogP contribution in [0.15, 0.2) is 14.7 Å². The van der Waals surface area contributed by atoms with Gasteiger partial charge in [-0.25, -0.2) is 4.18 Å². The van der Waals surface area contributed by atoms with E-state index in [1.54, 1.807) is 0 Å². The molecular formula is C21H29BrClN3O5S2. The highest BCUT2D eigenvalue weighted by molar-refractivity contribution is 9.10. The summed E-state index contributed by atoms with van der Waals surface area (Å²) in [6.07, 6.45) is 5.97. The molecule has 0 radical (unpaired) electrons. The third-order valence-electron chi connectivity index (χ3n) is 7.20. The first-order valence-electron chi connectivity index (χ1n) is 11.3. The van der Waals surface area contributed by atoms with Crippen LogP contribution in [-0.4, -0.2) is 67.9 Å². The maximum Gasteiger partial charge on any atom is 0.307 e. The molecule has 1 saturated heterocycles. The largest absolute Gasteiger partial charge is 0.367 e. The van der Waals surface area contributed by atoms with Gasteiger partial charge in [0.1, 0.15) is 8.55 Å². The van der Waals surface area contributed by atoms with Gasteiger partial charge in [0.2, 0.25) is 5.91 Å². The molecule has 0 atom stereocenters. The second kappa shape index (κ2) is 10.1. The van der Waals surface area contributed by atoms with E-state index in [4.69, 9.17) is 21.5 Å². The van der Waals surface area contributed by atoms with Crippen molar-refractivity contribution < 1.29 is 22.2 Å². The van der Waals surface area contributed by atoms with Crippen LogP contribution >= 0.6 is 38.9 Å². The topological polar surface area (TPSA) is 110 Å². The van der Waals surface area contributed by atoms with E-state index in [2.05, 4.69) is 20.8 Å². The molecule has 0 aromatic carbocycles. The van der Waals surface area contributed by atoms with Crippen LogP contribution in [0.2, 0.25) is 4.34 Å². The third kappa shape index (κ3) is 5.43. The highest BCUT2D eigenvalue weighted by Gasteiger charge is 2.47. The summed E-state index contributed by atoms with van der Waals surface area (Å²) in [6.45, 7) is 3.22. The Morgan fingerprint density at radius 1 is 1.12 bits per heavy atom. The van der Waals surface area contributed by atoms with Gasteiger partial charge in [-0.1, -0.05) is 24.4 Å². The average molecular weight is 583 g/mol. The van der Waals surface area contributed by atoms with Gasteiger partial charge in [0, 0.05) is 42.6 Å². The summed E-state index contributed by atoms with van der Waals surface area (Å²) in [7, 11) is -4.24. The number of thiophene rings is 1. The van der Waals surface area contributed by atoms with E-state index in [0.29, 0.717) is 36.4 Å². The van der Waals surface area contributed by atoms with Gasteiger partial charge >= 0.3 is 10.1 Å². The third-order valence-corrected chi connectivity index (χ3v) is 11.5. The fourth-order valence-electron chi connectivity index (χ4n) is 5.24. The molecule has 12 heteroatoms. The Morgan fingerprint density at radius 3 is 2.24 bits per heavy atom. The molecule has 184 valence electrons. The highest BCUT2D eigenvalue weighted by atomic mass is 79.9. The lowest BCUT2D eigenvalue weighted by Crippen LogP contribution is -2.54. The van der Waals surface area contributed by atoms with E-state index < -0.39 is 21.6 Å². The number of halogens is 2. The number of nitrogens with zero attached hydrogens (tertiary/aromatic N) is 2. The normalized spacial score (nSPS) is 27.7. The zero-order chi connectivity index (χ0) is 23.8. The van der Waals surface area contributed by atoms with Crippen LogP contribution in [0.25, 0.3) is 0 Å². The molecule has 2 aliphatic carbocycles. The minimum Gasteiger partial charge on any atom is -0.367 e. The summed E-state index contributed by atoms with van der Waals surface area (Å²) in [5.74, 6) is -1.01. The molecule has 3 aliphatic rings. The summed E-state index contributed by atoms with van der Waals surface area (Å²) in [4.78, 5) is 29.8. The molecule has 0 unspecified atom stereocenters. The lowest BCUT2D eigenvalue weighted by molar-refractivity contribution is -0.145. The standard InChI is InChI=1S/C21H29BrClN3O5S2/c22-16-13-17(32-18(16)23)33(29,30)31-21(20(24)28)7-5-14(6-8-21)19(27)26-11-9-25(10-12-26)15-3-1-2-4-15/h13-15H,1-12H2,(H2,24,28). The Bertz CT molecular complexity index is 976. The van der Waals surface area contributed by atoms with Crippen molar-refractivity contribution in [1.82, 2.24) is 9.80 Å². The van der Waals surface area contributed by atoms with Crippen molar-refractivity contribution in [3.05, 3.63) is 14.9 Å². The number of hydrogen-bond acceptors (Lipinski definition) is 7. The molecule has 1 aliphatic heterocycles. The average Bonchev–Trinajstić information content (AvgIpc) is 3.44. The highest BCUT2D eigenvalue weighted by Crippen LogP contribution is 2.41. The molecule has 0 bridgehead atoms. The molecule has 8 nitrogen and oxygen atoms in total. The molecule has 0 spiro atoms. The molecule has 4 rings (SSSR count). The van der Waals surface area contributed by atoms with Crippen molar-refractivity contribution in [1.29, 1.82) is 0 Å². The van der Waals surface area contributed by atoms with Gasteiger partial charge in [-0.2, -0.15) is 8.42 Å². The maximum absolute atomic E-state index is 13.1. The minimum atomic E-state index is -4.24. The van der Waals surface area contributed by atoms with E-state index in [-0.39, 0.29) is 33.2 Å². The van der Waals surface area contributed by atoms with Gasteiger partial charge in [-0.05, 0) is 60.5 Å². The van der Waals surface area contributed by atoms with Crippen molar-refractivity contribution >= 4 is 60.8 Å². The van der Waals surface area contributed by atoms with Gasteiger partial charge in [0.05, 0.1) is 0 Å². The number of carbonyl (C=O) groups excluding carboxylic acids is 2. The smallest absolute Gasteiger partial charge is 0.307 e. The summed E-state index contributed by atoms with van der Waals surface area (Å²) < 4.78 is 31.6. The Balaban J connectivity index is 1.36. The number of rotatable bonds is 6. The predicted molar refractivity (Wildman–Crippen MR) is 130 cm³/mol. The summed E-state index contributed by atoms with van der Waals surface area (Å²) in [6, 6.07) is 2.00. The first-order chi connectivity index (χ1) is 15.6. The SMILES string of the molecule is NC(=O)C1(OS(=O)(=O)c2cc(Br)c(Cl)s2)CCC(C(=O)N2CCN(C3CCCC3)CC2)CC1. The van der Waals surface area contributed by atoms with E-state index in [1.807, 2.05) is 4.90 Å². The fraction of sp³-hybridized carbons (Fsp3) is 0.714. The van der Waals surface area contributed by atoms with Gasteiger partial charge in [0.15, 0.2) is 5.60 Å². The minimum absolute atomic E-state index is 0.0796. The number of carbonyl (C=O) groups is 2. The van der Waals surface area contributed by atoms with Crippen LogP contribution in [0.1, 0.15) is 51.4 Å². The van der Waals surface area contributed by atoms with Gasteiger partial charge in [0.25, 0.3) is 5.91 Å². The lowest BCUT2D eigenvalue weighted by Gasteiger charge is -2.41. The van der Waals surface area contributed by atoms with E-state index in [1.165, 1.54) is 31.7 Å². The van der Waals surface area contributed by atoms with Crippen LogP contribution in [0.5, 0.6) is 0 Å². The molecule has 1 aromatic rings. The van der Waals surface area contributed by atoms with E-state index in [9.17, 15) is 18.0 Å². The molecule has 3 fully saturated rings. The lowest BCUT2D eigenvalue weighted by atomic mass is 9.78. The maximum atomic E-state index is 13.1. The second-order valence-corrected chi connectivity index (χ2v) is 13.4. The van der Waals surface area contributed by atoms with Crippen LogP contribution in [0.3, 0.4) is 0 Å².